The van der Waals surface area contributed by atoms with Gasteiger partial charge in [-0.25, -0.2) is 0 Å². The lowest BCUT2D eigenvalue weighted by molar-refractivity contribution is -0.384. The molecule has 1 amide bonds. The Hall–Kier alpha value is -2.15. The van der Waals surface area contributed by atoms with Gasteiger partial charge in [0.1, 0.15) is 5.69 Å². The molecule has 19 heavy (non-hydrogen) atoms. The predicted molar refractivity (Wildman–Crippen MR) is 70.7 cm³/mol. The highest BCUT2D eigenvalue weighted by atomic mass is 16.6. The summed E-state index contributed by atoms with van der Waals surface area (Å²) >= 11 is 0. The summed E-state index contributed by atoms with van der Waals surface area (Å²) in [5.41, 5.74) is 2.59. The smallest absolute Gasteiger partial charge is 0.294 e. The average Bonchev–Trinajstić information content (AvgIpc) is 2.46. The second-order valence-corrected chi connectivity index (χ2v) is 4.49. The van der Waals surface area contributed by atoms with Gasteiger partial charge in [-0.3, -0.25) is 20.8 Å². The van der Waals surface area contributed by atoms with Crippen molar-refractivity contribution < 1.29 is 9.72 Å². The van der Waals surface area contributed by atoms with Crippen molar-refractivity contribution in [3.05, 3.63) is 33.9 Å². The normalized spacial score (nSPS) is 15.1. The molecule has 1 aliphatic heterocycles. The monoisotopic (exact) mass is 264 g/mol. The van der Waals surface area contributed by atoms with Crippen molar-refractivity contribution >= 4 is 17.3 Å². The van der Waals surface area contributed by atoms with Crippen molar-refractivity contribution in [2.24, 2.45) is 5.84 Å². The number of rotatable bonds is 3. The third-order valence-corrected chi connectivity index (χ3v) is 3.24. The molecule has 1 saturated heterocycles. The molecule has 2 rings (SSSR count). The fraction of sp³-hybridized carbons (Fsp3) is 0.417. The Labute approximate surface area is 110 Å². The Morgan fingerprint density at radius 1 is 1.32 bits per heavy atom. The van der Waals surface area contributed by atoms with E-state index in [0.717, 1.165) is 19.3 Å². The standard InChI is InChI=1S/C12H16N4O3/c13-14-10-5-4-9(8-11(10)16(18)19)12(17)15-6-2-1-3-7-15/h4-5,8,14H,1-3,6-7,13H2. The van der Waals surface area contributed by atoms with Gasteiger partial charge in [-0.1, -0.05) is 0 Å². The fourth-order valence-corrected chi connectivity index (χ4v) is 2.22. The number of nitrogens with two attached hydrogens (primary N) is 1. The van der Waals surface area contributed by atoms with Crippen LogP contribution in [0.2, 0.25) is 0 Å². The first-order chi connectivity index (χ1) is 9.13. The number of hydrogen-bond acceptors (Lipinski definition) is 5. The molecular weight excluding hydrogens is 248 g/mol. The Morgan fingerprint density at radius 2 is 2.00 bits per heavy atom. The van der Waals surface area contributed by atoms with Gasteiger partial charge in [-0.15, -0.1) is 0 Å². The average molecular weight is 264 g/mol. The minimum Gasteiger partial charge on any atom is -0.339 e. The van der Waals surface area contributed by atoms with Gasteiger partial charge in [0.25, 0.3) is 11.6 Å². The number of carbonyl (C=O) groups excluding carboxylic acids is 1. The molecule has 7 nitrogen and oxygen atoms in total. The first-order valence-corrected chi connectivity index (χ1v) is 6.18. The molecule has 1 fully saturated rings. The Bertz CT molecular complexity index is 498. The lowest BCUT2D eigenvalue weighted by Gasteiger charge is -2.26. The number of nitrogens with one attached hydrogen (secondary N) is 1. The van der Waals surface area contributed by atoms with Gasteiger partial charge in [0.15, 0.2) is 0 Å². The number of nitro benzene ring substituents is 1. The number of anilines is 1. The number of nitrogens with zero attached hydrogens (tertiary/aromatic N) is 2. The number of carbonyl (C=O) groups is 1. The number of hydrogen-bond donors (Lipinski definition) is 2. The number of likely N-dealkylation sites (tertiary alicyclic amines) is 1. The third kappa shape index (κ3) is 2.82. The van der Waals surface area contributed by atoms with Gasteiger partial charge in [0.2, 0.25) is 0 Å². The van der Waals surface area contributed by atoms with Crippen LogP contribution < -0.4 is 11.3 Å². The first-order valence-electron chi connectivity index (χ1n) is 6.18. The molecule has 7 heteroatoms. The van der Waals surface area contributed by atoms with Crippen LogP contribution in [0.15, 0.2) is 18.2 Å². The fourth-order valence-electron chi connectivity index (χ4n) is 2.22. The van der Waals surface area contributed by atoms with Gasteiger partial charge in [0, 0.05) is 24.7 Å². The Morgan fingerprint density at radius 3 is 2.58 bits per heavy atom. The zero-order chi connectivity index (χ0) is 13.8. The van der Waals surface area contributed by atoms with E-state index < -0.39 is 4.92 Å². The second kappa shape index (κ2) is 5.66. The highest BCUT2D eigenvalue weighted by molar-refractivity contribution is 5.95. The quantitative estimate of drug-likeness (QED) is 0.489. The van der Waals surface area contributed by atoms with Crippen LogP contribution in [0.3, 0.4) is 0 Å². The molecule has 0 radical (unpaired) electrons. The number of benzene rings is 1. The van der Waals surface area contributed by atoms with Crippen LogP contribution in [-0.4, -0.2) is 28.8 Å². The number of nitrogen functional groups attached to an aromatic ring is 1. The molecular formula is C12H16N4O3. The lowest BCUT2D eigenvalue weighted by atomic mass is 10.1. The minimum atomic E-state index is -0.553. The molecule has 1 aliphatic rings. The molecule has 1 aromatic rings. The first kappa shape index (κ1) is 13.3. The summed E-state index contributed by atoms with van der Waals surface area (Å²) in [5.74, 6) is 5.05. The summed E-state index contributed by atoms with van der Waals surface area (Å²) in [6.07, 6.45) is 3.09. The molecule has 102 valence electrons. The van der Waals surface area contributed by atoms with E-state index in [-0.39, 0.29) is 17.3 Å². The molecule has 1 aromatic carbocycles. The van der Waals surface area contributed by atoms with Crippen molar-refractivity contribution in [1.29, 1.82) is 0 Å². The van der Waals surface area contributed by atoms with Crippen LogP contribution in [0.25, 0.3) is 0 Å². The molecule has 0 saturated carbocycles. The maximum Gasteiger partial charge on any atom is 0.294 e. The highest BCUT2D eigenvalue weighted by Crippen LogP contribution is 2.25. The second-order valence-electron chi connectivity index (χ2n) is 4.49. The van der Waals surface area contributed by atoms with E-state index in [1.54, 1.807) is 11.0 Å². The molecule has 0 bridgehead atoms. The van der Waals surface area contributed by atoms with Crippen LogP contribution in [0.5, 0.6) is 0 Å². The Balaban J connectivity index is 2.26. The maximum atomic E-state index is 12.2. The predicted octanol–water partition coefficient (Wildman–Crippen LogP) is 1.51. The van der Waals surface area contributed by atoms with Gasteiger partial charge < -0.3 is 10.3 Å². The topological polar surface area (TPSA) is 102 Å². The van der Waals surface area contributed by atoms with Crippen LogP contribution in [0.4, 0.5) is 11.4 Å². The number of nitro groups is 1. The summed E-state index contributed by atoms with van der Waals surface area (Å²) in [4.78, 5) is 24.3. The van der Waals surface area contributed by atoms with E-state index in [4.69, 9.17) is 5.84 Å². The highest BCUT2D eigenvalue weighted by Gasteiger charge is 2.22. The SMILES string of the molecule is NNc1ccc(C(=O)N2CCCCC2)cc1[N+](=O)[O-]. The van der Waals surface area contributed by atoms with Crippen molar-refractivity contribution in [2.75, 3.05) is 18.5 Å². The largest absolute Gasteiger partial charge is 0.339 e. The van der Waals surface area contributed by atoms with Crippen LogP contribution in [-0.2, 0) is 0 Å². The van der Waals surface area contributed by atoms with E-state index in [1.165, 1.54) is 12.1 Å². The molecule has 3 N–H and O–H groups in total. The zero-order valence-electron chi connectivity index (χ0n) is 10.5. The van der Waals surface area contributed by atoms with Gasteiger partial charge in [-0.05, 0) is 31.4 Å². The number of hydrazine groups is 1. The van der Waals surface area contributed by atoms with Crippen molar-refractivity contribution in [3.8, 4) is 0 Å². The van der Waals surface area contributed by atoms with Crippen LogP contribution in [0, 0.1) is 10.1 Å². The van der Waals surface area contributed by atoms with Crippen LogP contribution >= 0.6 is 0 Å². The molecule has 0 aliphatic carbocycles. The van der Waals surface area contributed by atoms with Crippen molar-refractivity contribution in [2.45, 2.75) is 19.3 Å². The Kier molecular flexibility index (Phi) is 3.96. The lowest BCUT2D eigenvalue weighted by Crippen LogP contribution is -2.35. The van der Waals surface area contributed by atoms with E-state index >= 15 is 0 Å². The van der Waals surface area contributed by atoms with E-state index in [2.05, 4.69) is 5.43 Å². The number of amides is 1. The third-order valence-electron chi connectivity index (χ3n) is 3.24. The summed E-state index contributed by atoms with van der Waals surface area (Å²) in [6, 6.07) is 4.28. The minimum absolute atomic E-state index is 0.161. The summed E-state index contributed by atoms with van der Waals surface area (Å²) in [5, 5.41) is 10.9. The van der Waals surface area contributed by atoms with Gasteiger partial charge in [0.05, 0.1) is 4.92 Å². The van der Waals surface area contributed by atoms with E-state index in [0.29, 0.717) is 18.7 Å². The molecule has 0 spiro atoms. The van der Waals surface area contributed by atoms with Crippen molar-refractivity contribution in [3.63, 3.8) is 0 Å². The molecule has 0 aromatic heterocycles. The maximum absolute atomic E-state index is 12.2. The summed E-state index contributed by atoms with van der Waals surface area (Å²) in [6.45, 7) is 1.42. The van der Waals surface area contributed by atoms with E-state index in [9.17, 15) is 14.9 Å². The molecule has 0 atom stereocenters. The van der Waals surface area contributed by atoms with E-state index in [1.807, 2.05) is 0 Å². The summed E-state index contributed by atoms with van der Waals surface area (Å²) in [7, 11) is 0. The van der Waals surface area contributed by atoms with Crippen molar-refractivity contribution in [1.82, 2.24) is 4.90 Å². The van der Waals surface area contributed by atoms with Gasteiger partial charge in [-0.2, -0.15) is 0 Å². The number of piperidine rings is 1. The summed E-state index contributed by atoms with van der Waals surface area (Å²) < 4.78 is 0. The molecule has 0 unspecified atom stereocenters. The van der Waals surface area contributed by atoms with Crippen LogP contribution in [0.1, 0.15) is 29.6 Å². The molecule has 1 heterocycles. The van der Waals surface area contributed by atoms with Gasteiger partial charge >= 0.3 is 0 Å². The zero-order valence-corrected chi connectivity index (χ0v) is 10.5.